The van der Waals surface area contributed by atoms with Crippen molar-refractivity contribution in [1.29, 1.82) is 0 Å². The number of carbonyl (C=O) groups is 1. The maximum absolute atomic E-state index is 13.0. The highest BCUT2D eigenvalue weighted by molar-refractivity contribution is 7.18. The lowest BCUT2D eigenvalue weighted by atomic mass is 10.3. The molecule has 27 heavy (non-hydrogen) atoms. The lowest BCUT2D eigenvalue weighted by Gasteiger charge is -2.09. The molecule has 0 radical (unpaired) electrons. The summed E-state index contributed by atoms with van der Waals surface area (Å²) in [4.78, 5) is 35.1. The van der Waals surface area contributed by atoms with E-state index in [9.17, 15) is 14.0 Å². The smallest absolute Gasteiger partial charge is 0.325 e. The van der Waals surface area contributed by atoms with Gasteiger partial charge in [-0.3, -0.25) is 9.36 Å². The second kappa shape index (κ2) is 7.01. The molecule has 6 nitrogen and oxygen atoms in total. The number of fused-ring (bicyclic) bond motifs is 1. The molecule has 1 amide bonds. The molecular weight excluding hydrogens is 387 g/mol. The topological polar surface area (TPSA) is 76.9 Å². The van der Waals surface area contributed by atoms with E-state index >= 15 is 0 Å². The average Bonchev–Trinajstić information content (AvgIpc) is 3.29. The summed E-state index contributed by atoms with van der Waals surface area (Å²) in [6, 6.07) is 9.19. The Bertz CT molecular complexity index is 1180. The molecule has 9 heteroatoms. The highest BCUT2D eigenvalue weighted by Gasteiger charge is 2.18. The van der Waals surface area contributed by atoms with Gasteiger partial charge in [-0.2, -0.15) is 4.98 Å². The van der Waals surface area contributed by atoms with E-state index in [-0.39, 0.29) is 12.4 Å². The Kier molecular flexibility index (Phi) is 4.54. The molecule has 0 saturated heterocycles. The van der Waals surface area contributed by atoms with Gasteiger partial charge in [0.1, 0.15) is 28.4 Å². The minimum atomic E-state index is -0.510. The lowest BCUT2D eigenvalue weighted by molar-refractivity contribution is -0.116. The zero-order chi connectivity index (χ0) is 19.0. The fraction of sp³-hybridized carbons (Fsp3) is 0.111. The van der Waals surface area contributed by atoms with Crippen LogP contribution in [0.4, 0.5) is 10.1 Å². The number of hydrogen-bond donors (Lipinski definition) is 1. The van der Waals surface area contributed by atoms with Gasteiger partial charge in [0.15, 0.2) is 0 Å². The molecule has 0 saturated carbocycles. The molecule has 0 aliphatic rings. The van der Waals surface area contributed by atoms with E-state index in [0.717, 1.165) is 9.88 Å². The van der Waals surface area contributed by atoms with Crippen molar-refractivity contribution in [3.8, 4) is 10.6 Å². The number of benzene rings is 1. The number of halogens is 1. The predicted octanol–water partition coefficient (Wildman–Crippen LogP) is 3.67. The lowest BCUT2D eigenvalue weighted by Crippen LogP contribution is -2.29. The molecule has 0 unspecified atom stereocenters. The zero-order valence-electron chi connectivity index (χ0n) is 14.1. The van der Waals surface area contributed by atoms with E-state index in [4.69, 9.17) is 0 Å². The number of aryl methyl sites for hydroxylation is 1. The number of amides is 1. The summed E-state index contributed by atoms with van der Waals surface area (Å²) < 4.78 is 14.3. The summed E-state index contributed by atoms with van der Waals surface area (Å²) in [6.07, 6.45) is 0. The maximum Gasteiger partial charge on any atom is 0.349 e. The molecule has 4 aromatic rings. The monoisotopic (exact) mass is 400 g/mol. The van der Waals surface area contributed by atoms with Crippen molar-refractivity contribution in [3.63, 3.8) is 0 Å². The SMILES string of the molecule is Cc1nc2c(-c3cccs3)nc(=O)n(CC(=O)Nc3ccc(F)cc3)c2s1. The first kappa shape index (κ1) is 17.5. The number of aromatic nitrogens is 3. The van der Waals surface area contributed by atoms with Gasteiger partial charge in [0.25, 0.3) is 0 Å². The van der Waals surface area contributed by atoms with Crippen LogP contribution in [0.2, 0.25) is 0 Å². The van der Waals surface area contributed by atoms with Crippen LogP contribution in [0.3, 0.4) is 0 Å². The van der Waals surface area contributed by atoms with Crippen LogP contribution >= 0.6 is 22.7 Å². The Balaban J connectivity index is 1.71. The highest BCUT2D eigenvalue weighted by atomic mass is 32.1. The number of hydrogen-bond acceptors (Lipinski definition) is 6. The van der Waals surface area contributed by atoms with Crippen LogP contribution in [-0.4, -0.2) is 20.4 Å². The van der Waals surface area contributed by atoms with Crippen LogP contribution in [0.15, 0.2) is 46.6 Å². The van der Waals surface area contributed by atoms with Gasteiger partial charge in [0.2, 0.25) is 5.91 Å². The quantitative estimate of drug-likeness (QED) is 0.567. The Morgan fingerprint density at radius 1 is 1.22 bits per heavy atom. The molecule has 1 aromatic carbocycles. The van der Waals surface area contributed by atoms with Crippen LogP contribution in [0.5, 0.6) is 0 Å². The van der Waals surface area contributed by atoms with E-state index in [1.165, 1.54) is 51.5 Å². The predicted molar refractivity (Wildman–Crippen MR) is 105 cm³/mol. The first-order valence-corrected chi connectivity index (χ1v) is 9.68. The Labute approximate surface area is 161 Å². The number of rotatable bonds is 4. The van der Waals surface area contributed by atoms with Gasteiger partial charge in [-0.1, -0.05) is 6.07 Å². The van der Waals surface area contributed by atoms with Crippen LogP contribution in [-0.2, 0) is 11.3 Å². The van der Waals surface area contributed by atoms with E-state index in [1.807, 2.05) is 24.4 Å². The second-order valence-corrected chi connectivity index (χ2v) is 7.88. The van der Waals surface area contributed by atoms with Crippen molar-refractivity contribution in [2.45, 2.75) is 13.5 Å². The highest BCUT2D eigenvalue weighted by Crippen LogP contribution is 2.31. The number of nitrogens with one attached hydrogen (secondary N) is 1. The van der Waals surface area contributed by atoms with Gasteiger partial charge < -0.3 is 5.32 Å². The second-order valence-electron chi connectivity index (χ2n) is 5.75. The zero-order valence-corrected chi connectivity index (χ0v) is 15.7. The molecule has 0 fully saturated rings. The first-order valence-electron chi connectivity index (χ1n) is 7.98. The normalized spacial score (nSPS) is 11.0. The van der Waals surface area contributed by atoms with Crippen molar-refractivity contribution in [1.82, 2.24) is 14.5 Å². The van der Waals surface area contributed by atoms with Crippen molar-refractivity contribution < 1.29 is 9.18 Å². The van der Waals surface area contributed by atoms with E-state index in [0.29, 0.717) is 21.7 Å². The molecule has 0 spiro atoms. The number of anilines is 1. The summed E-state index contributed by atoms with van der Waals surface area (Å²) in [5.41, 5.74) is 1.08. The maximum atomic E-state index is 13.0. The molecule has 3 heterocycles. The fourth-order valence-corrected chi connectivity index (χ4v) is 4.27. The van der Waals surface area contributed by atoms with Crippen molar-refractivity contribution in [2.75, 3.05) is 5.32 Å². The van der Waals surface area contributed by atoms with Crippen molar-refractivity contribution >= 4 is 44.6 Å². The summed E-state index contributed by atoms with van der Waals surface area (Å²) in [5, 5.41) is 5.34. The third-order valence-electron chi connectivity index (χ3n) is 3.81. The Morgan fingerprint density at radius 3 is 2.70 bits per heavy atom. The fourth-order valence-electron chi connectivity index (χ4n) is 2.65. The molecule has 0 atom stereocenters. The Morgan fingerprint density at radius 2 is 2.00 bits per heavy atom. The van der Waals surface area contributed by atoms with Gasteiger partial charge in [0.05, 0.1) is 9.88 Å². The number of thiophene rings is 1. The van der Waals surface area contributed by atoms with Gasteiger partial charge in [-0.15, -0.1) is 22.7 Å². The molecule has 0 aliphatic heterocycles. The van der Waals surface area contributed by atoms with Crippen LogP contribution in [0.1, 0.15) is 5.01 Å². The number of carbonyl (C=O) groups excluding carboxylic acids is 1. The molecule has 4 rings (SSSR count). The summed E-state index contributed by atoms with van der Waals surface area (Å²) in [6.45, 7) is 1.64. The van der Waals surface area contributed by atoms with Crippen LogP contribution in [0.25, 0.3) is 20.9 Å². The molecule has 1 N–H and O–H groups in total. The molecule has 3 aromatic heterocycles. The number of thiazole rings is 1. The summed E-state index contributed by atoms with van der Waals surface area (Å²) in [7, 11) is 0. The van der Waals surface area contributed by atoms with E-state index < -0.39 is 11.6 Å². The van der Waals surface area contributed by atoms with E-state index in [2.05, 4.69) is 15.3 Å². The molecule has 0 aliphatic carbocycles. The molecule has 136 valence electrons. The molecule has 0 bridgehead atoms. The van der Waals surface area contributed by atoms with Crippen LogP contribution in [0, 0.1) is 12.7 Å². The summed E-state index contributed by atoms with van der Waals surface area (Å²) in [5.74, 6) is -0.791. The van der Waals surface area contributed by atoms with Crippen molar-refractivity contribution in [2.24, 2.45) is 0 Å². The third-order valence-corrected chi connectivity index (χ3v) is 5.68. The molecular formula is C18H13FN4O2S2. The summed E-state index contributed by atoms with van der Waals surface area (Å²) >= 11 is 2.82. The third kappa shape index (κ3) is 3.51. The average molecular weight is 400 g/mol. The Hall–Kier alpha value is -2.91. The first-order chi connectivity index (χ1) is 13.0. The van der Waals surface area contributed by atoms with Gasteiger partial charge in [-0.05, 0) is 42.6 Å². The van der Waals surface area contributed by atoms with Gasteiger partial charge >= 0.3 is 5.69 Å². The minimum Gasteiger partial charge on any atom is -0.325 e. The van der Waals surface area contributed by atoms with Gasteiger partial charge in [0, 0.05) is 5.69 Å². The minimum absolute atomic E-state index is 0.202. The van der Waals surface area contributed by atoms with Gasteiger partial charge in [-0.25, -0.2) is 14.2 Å². The standard InChI is InChI=1S/C18H13FN4O2S2/c1-10-20-16-15(13-3-2-8-26-13)22-18(25)23(17(16)27-10)9-14(24)21-12-6-4-11(19)5-7-12/h2-8H,9H2,1H3,(H,21,24). The van der Waals surface area contributed by atoms with Crippen LogP contribution < -0.4 is 11.0 Å². The number of nitrogens with zero attached hydrogens (tertiary/aromatic N) is 3. The van der Waals surface area contributed by atoms with E-state index in [1.54, 1.807) is 0 Å². The van der Waals surface area contributed by atoms with Crippen molar-refractivity contribution in [3.05, 3.63) is 63.1 Å². The largest absolute Gasteiger partial charge is 0.349 e.